The maximum Gasteiger partial charge on any atom is 0.251 e. The van der Waals surface area contributed by atoms with Crippen LogP contribution in [0.25, 0.3) is 0 Å². The monoisotopic (exact) mass is 325 g/mol. The molecule has 0 spiro atoms. The Morgan fingerprint density at radius 2 is 1.77 bits per heavy atom. The van der Waals surface area contributed by atoms with E-state index in [4.69, 9.17) is 17.3 Å². The van der Waals surface area contributed by atoms with Crippen molar-refractivity contribution in [3.63, 3.8) is 0 Å². The van der Waals surface area contributed by atoms with Crippen LogP contribution >= 0.6 is 11.6 Å². The average Bonchev–Trinajstić information content (AvgIpc) is 2.51. The molecule has 6 heteroatoms. The van der Waals surface area contributed by atoms with Gasteiger partial charge in [0.05, 0.1) is 0 Å². The molecule has 5 nitrogen and oxygen atoms in total. The summed E-state index contributed by atoms with van der Waals surface area (Å²) in [5.74, 6) is -0.492. The molecular weight excluding hydrogens is 302 g/mol. The Morgan fingerprint density at radius 3 is 2.27 bits per heavy atom. The van der Waals surface area contributed by atoms with E-state index in [1.165, 1.54) is 0 Å². The van der Waals surface area contributed by atoms with E-state index < -0.39 is 6.04 Å². The molecule has 0 heterocycles. The molecule has 0 radical (unpaired) electrons. The van der Waals surface area contributed by atoms with E-state index in [0.717, 1.165) is 6.42 Å². The molecule has 22 heavy (non-hydrogen) atoms. The minimum absolute atomic E-state index is 0.0150. The number of hydrogen-bond donors (Lipinski definition) is 3. The molecule has 0 fully saturated rings. The van der Waals surface area contributed by atoms with Crippen molar-refractivity contribution >= 4 is 23.4 Å². The fourth-order valence-corrected chi connectivity index (χ4v) is 2.05. The van der Waals surface area contributed by atoms with Gasteiger partial charge < -0.3 is 16.4 Å². The summed E-state index contributed by atoms with van der Waals surface area (Å²) in [6.07, 6.45) is 0.774. The lowest BCUT2D eigenvalue weighted by Gasteiger charge is -2.25. The highest BCUT2D eigenvalue weighted by atomic mass is 35.5. The second kappa shape index (κ2) is 8.76. The molecule has 0 bridgehead atoms. The quantitative estimate of drug-likeness (QED) is 0.716. The summed E-state index contributed by atoms with van der Waals surface area (Å²) in [6, 6.07) is 5.82. The van der Waals surface area contributed by atoms with Crippen molar-refractivity contribution in [2.45, 2.75) is 39.3 Å². The van der Waals surface area contributed by atoms with Crippen molar-refractivity contribution in [1.29, 1.82) is 0 Å². The molecule has 0 aromatic heterocycles. The highest BCUT2D eigenvalue weighted by Crippen LogP contribution is 2.12. The molecule has 1 aromatic rings. The van der Waals surface area contributed by atoms with Crippen LogP contribution in [-0.4, -0.2) is 30.4 Å². The van der Waals surface area contributed by atoms with Gasteiger partial charge in [-0.3, -0.25) is 9.59 Å². The minimum atomic E-state index is -0.595. The predicted molar refractivity (Wildman–Crippen MR) is 88.8 cm³/mol. The first-order chi connectivity index (χ1) is 10.4. The molecule has 0 saturated carbocycles. The van der Waals surface area contributed by atoms with Crippen molar-refractivity contribution in [3.05, 3.63) is 34.9 Å². The van der Waals surface area contributed by atoms with Crippen molar-refractivity contribution in [3.8, 4) is 0 Å². The van der Waals surface area contributed by atoms with Crippen LogP contribution in [-0.2, 0) is 4.79 Å². The van der Waals surface area contributed by atoms with E-state index in [0.29, 0.717) is 17.1 Å². The molecule has 2 amide bonds. The molecule has 0 aliphatic heterocycles. The van der Waals surface area contributed by atoms with E-state index in [9.17, 15) is 9.59 Å². The Kier molecular flexibility index (Phi) is 7.35. The van der Waals surface area contributed by atoms with Gasteiger partial charge in [0.2, 0.25) is 5.91 Å². The summed E-state index contributed by atoms with van der Waals surface area (Å²) in [6.45, 7) is 6.09. The van der Waals surface area contributed by atoms with E-state index in [-0.39, 0.29) is 23.8 Å². The fraction of sp³-hybridized carbons (Fsp3) is 0.500. The first-order valence-electron chi connectivity index (χ1n) is 7.45. The van der Waals surface area contributed by atoms with Gasteiger partial charge in [-0.25, -0.2) is 0 Å². The summed E-state index contributed by atoms with van der Waals surface area (Å²) in [7, 11) is 0. The van der Waals surface area contributed by atoms with Crippen LogP contribution in [0.5, 0.6) is 0 Å². The smallest absolute Gasteiger partial charge is 0.251 e. The zero-order valence-corrected chi connectivity index (χ0v) is 14.0. The second-order valence-corrected chi connectivity index (χ2v) is 5.93. The van der Waals surface area contributed by atoms with Gasteiger partial charge in [0.1, 0.15) is 6.04 Å². The Bertz CT molecular complexity index is 505. The Labute approximate surface area is 136 Å². The Hall–Kier alpha value is -1.59. The van der Waals surface area contributed by atoms with Crippen LogP contribution in [0.2, 0.25) is 5.02 Å². The van der Waals surface area contributed by atoms with Gasteiger partial charge in [-0.05, 0) is 37.1 Å². The number of hydrogen-bond acceptors (Lipinski definition) is 3. The van der Waals surface area contributed by atoms with Crippen LogP contribution in [0.4, 0.5) is 0 Å². The number of nitrogens with one attached hydrogen (secondary N) is 2. The maximum absolute atomic E-state index is 12.3. The van der Waals surface area contributed by atoms with Crippen LogP contribution in [0.1, 0.15) is 37.6 Å². The van der Waals surface area contributed by atoms with E-state index >= 15 is 0 Å². The summed E-state index contributed by atoms with van der Waals surface area (Å²) in [5.41, 5.74) is 5.99. The Balaban J connectivity index is 2.82. The summed E-state index contributed by atoms with van der Waals surface area (Å²) >= 11 is 5.81. The first-order valence-corrected chi connectivity index (χ1v) is 7.83. The normalized spacial score (nSPS) is 14.8. The van der Waals surface area contributed by atoms with E-state index in [1.807, 2.05) is 20.8 Å². The minimum Gasteiger partial charge on any atom is -0.351 e. The van der Waals surface area contributed by atoms with Crippen molar-refractivity contribution < 1.29 is 9.59 Å². The summed E-state index contributed by atoms with van der Waals surface area (Å²) in [5, 5.41) is 6.17. The SMILES string of the molecule is CCC(C)C(NC(=O)c1ccc(Cl)cc1)C(=O)N[C@@H](C)CN. The first kappa shape index (κ1) is 18.5. The topological polar surface area (TPSA) is 84.2 Å². The molecule has 122 valence electrons. The number of rotatable bonds is 7. The van der Waals surface area contributed by atoms with Crippen molar-refractivity contribution in [2.24, 2.45) is 11.7 Å². The Morgan fingerprint density at radius 1 is 1.18 bits per heavy atom. The van der Waals surface area contributed by atoms with Gasteiger partial charge >= 0.3 is 0 Å². The van der Waals surface area contributed by atoms with Crippen LogP contribution in [0.3, 0.4) is 0 Å². The molecular formula is C16H24ClN3O2. The summed E-state index contributed by atoms with van der Waals surface area (Å²) in [4.78, 5) is 24.6. The number of halogens is 1. The highest BCUT2D eigenvalue weighted by molar-refractivity contribution is 6.30. The largest absolute Gasteiger partial charge is 0.351 e. The molecule has 0 aliphatic rings. The van der Waals surface area contributed by atoms with Gasteiger partial charge in [-0.2, -0.15) is 0 Å². The number of carbonyl (C=O) groups excluding carboxylic acids is 2. The third-order valence-electron chi connectivity index (χ3n) is 3.63. The van der Waals surface area contributed by atoms with E-state index in [2.05, 4.69) is 10.6 Å². The highest BCUT2D eigenvalue weighted by Gasteiger charge is 2.26. The van der Waals surface area contributed by atoms with Crippen LogP contribution in [0, 0.1) is 5.92 Å². The number of amides is 2. The van der Waals surface area contributed by atoms with E-state index in [1.54, 1.807) is 24.3 Å². The lowest BCUT2D eigenvalue weighted by atomic mass is 9.97. The van der Waals surface area contributed by atoms with Crippen LogP contribution < -0.4 is 16.4 Å². The second-order valence-electron chi connectivity index (χ2n) is 5.49. The van der Waals surface area contributed by atoms with Gasteiger partial charge in [-0.1, -0.05) is 31.9 Å². The van der Waals surface area contributed by atoms with Crippen molar-refractivity contribution in [1.82, 2.24) is 10.6 Å². The lowest BCUT2D eigenvalue weighted by Crippen LogP contribution is -2.53. The number of nitrogens with two attached hydrogens (primary N) is 1. The predicted octanol–water partition coefficient (Wildman–Crippen LogP) is 1.95. The van der Waals surface area contributed by atoms with Crippen molar-refractivity contribution in [2.75, 3.05) is 6.54 Å². The average molecular weight is 326 g/mol. The van der Waals surface area contributed by atoms with Crippen LogP contribution in [0.15, 0.2) is 24.3 Å². The fourth-order valence-electron chi connectivity index (χ4n) is 1.92. The summed E-state index contributed by atoms with van der Waals surface area (Å²) < 4.78 is 0. The third-order valence-corrected chi connectivity index (χ3v) is 3.88. The standard InChI is InChI=1S/C16H24ClN3O2/c1-4-10(2)14(16(22)19-11(3)9-18)20-15(21)12-5-7-13(17)8-6-12/h5-8,10-11,14H,4,9,18H2,1-3H3,(H,19,22)(H,20,21)/t10?,11-,14?/m0/s1. The zero-order valence-electron chi connectivity index (χ0n) is 13.2. The molecule has 0 aliphatic carbocycles. The molecule has 1 rings (SSSR count). The number of carbonyl (C=O) groups is 2. The van der Waals surface area contributed by atoms with Gasteiger partial charge in [0.15, 0.2) is 0 Å². The van der Waals surface area contributed by atoms with Gasteiger partial charge in [-0.15, -0.1) is 0 Å². The lowest BCUT2D eigenvalue weighted by molar-refractivity contribution is -0.124. The van der Waals surface area contributed by atoms with Gasteiger partial charge in [0.25, 0.3) is 5.91 Å². The molecule has 2 unspecified atom stereocenters. The molecule has 0 saturated heterocycles. The van der Waals surface area contributed by atoms with Gasteiger partial charge in [0, 0.05) is 23.2 Å². The zero-order chi connectivity index (χ0) is 16.7. The molecule has 3 atom stereocenters. The maximum atomic E-state index is 12.3. The molecule has 1 aromatic carbocycles. The molecule has 4 N–H and O–H groups in total. The number of benzene rings is 1. The third kappa shape index (κ3) is 5.31.